The zero-order valence-electron chi connectivity index (χ0n) is 12.1. The minimum atomic E-state index is 0.262. The van der Waals surface area contributed by atoms with Gasteiger partial charge in [0, 0.05) is 12.5 Å². The molecule has 3 nitrogen and oxygen atoms in total. The summed E-state index contributed by atoms with van der Waals surface area (Å²) in [5, 5.41) is 3.09. The van der Waals surface area contributed by atoms with Crippen molar-refractivity contribution in [3.05, 3.63) is 0 Å². The van der Waals surface area contributed by atoms with Gasteiger partial charge in [0.05, 0.1) is 0 Å². The summed E-state index contributed by atoms with van der Waals surface area (Å²) in [6.07, 6.45) is 7.90. The van der Waals surface area contributed by atoms with Crippen molar-refractivity contribution < 1.29 is 4.79 Å². The highest BCUT2D eigenvalue weighted by atomic mass is 16.1. The van der Waals surface area contributed by atoms with E-state index in [9.17, 15) is 4.79 Å². The topological polar surface area (TPSA) is 55.1 Å². The van der Waals surface area contributed by atoms with E-state index in [4.69, 9.17) is 5.73 Å². The van der Waals surface area contributed by atoms with E-state index in [1.54, 1.807) is 0 Å². The Morgan fingerprint density at radius 3 is 2.50 bits per heavy atom. The van der Waals surface area contributed by atoms with E-state index in [0.717, 1.165) is 50.6 Å². The molecule has 0 atom stereocenters. The van der Waals surface area contributed by atoms with E-state index in [2.05, 4.69) is 19.2 Å². The average molecular weight is 254 g/mol. The lowest BCUT2D eigenvalue weighted by atomic mass is 9.80. The lowest BCUT2D eigenvalue weighted by molar-refractivity contribution is -0.126. The molecule has 0 aromatic heterocycles. The third-order valence-electron chi connectivity index (χ3n) is 4.05. The number of carbonyl (C=O) groups is 1. The maximum atomic E-state index is 12.0. The van der Waals surface area contributed by atoms with Gasteiger partial charge < -0.3 is 11.1 Å². The van der Waals surface area contributed by atoms with E-state index in [-0.39, 0.29) is 11.8 Å². The van der Waals surface area contributed by atoms with Crippen molar-refractivity contribution >= 4 is 5.91 Å². The van der Waals surface area contributed by atoms with Gasteiger partial charge in [0.1, 0.15) is 0 Å². The van der Waals surface area contributed by atoms with Gasteiger partial charge in [-0.25, -0.2) is 0 Å². The smallest absolute Gasteiger partial charge is 0.223 e. The summed E-state index contributed by atoms with van der Waals surface area (Å²) in [6.45, 7) is 6.08. The van der Waals surface area contributed by atoms with Crippen molar-refractivity contribution in [2.45, 2.75) is 58.8 Å². The molecule has 0 bridgehead atoms. The van der Waals surface area contributed by atoms with Gasteiger partial charge in [-0.1, -0.05) is 13.8 Å². The molecule has 1 amide bonds. The molecule has 3 N–H and O–H groups in total. The number of hydrogen-bond acceptors (Lipinski definition) is 2. The highest BCUT2D eigenvalue weighted by Crippen LogP contribution is 2.30. The summed E-state index contributed by atoms with van der Waals surface area (Å²) in [6, 6.07) is 0. The summed E-state index contributed by atoms with van der Waals surface area (Å²) in [5.41, 5.74) is 5.58. The molecule has 0 heterocycles. The third kappa shape index (κ3) is 5.85. The normalized spacial score (nSPS) is 24.2. The number of nitrogens with one attached hydrogen (secondary N) is 1. The van der Waals surface area contributed by atoms with E-state index in [0.29, 0.717) is 0 Å². The first-order valence-electron chi connectivity index (χ1n) is 7.61. The summed E-state index contributed by atoms with van der Waals surface area (Å²) < 4.78 is 0. The molecule has 0 radical (unpaired) electrons. The average Bonchev–Trinajstić information content (AvgIpc) is 2.35. The van der Waals surface area contributed by atoms with E-state index in [1.807, 2.05) is 0 Å². The lowest BCUT2D eigenvalue weighted by Gasteiger charge is -2.27. The van der Waals surface area contributed by atoms with Crippen molar-refractivity contribution in [1.82, 2.24) is 5.32 Å². The molecule has 106 valence electrons. The van der Waals surface area contributed by atoms with Gasteiger partial charge >= 0.3 is 0 Å². The molecule has 3 heteroatoms. The Bertz CT molecular complexity index is 233. The van der Waals surface area contributed by atoms with Crippen molar-refractivity contribution in [3.8, 4) is 0 Å². The standard InChI is InChI=1S/C15H30N2O/c1-12(2)4-3-11-17-15(18)14-7-5-13(6-8-14)9-10-16/h12-14H,3-11,16H2,1-2H3,(H,17,18). The zero-order valence-corrected chi connectivity index (χ0v) is 12.1. The van der Waals surface area contributed by atoms with Crippen LogP contribution in [-0.4, -0.2) is 19.0 Å². The molecule has 0 aromatic rings. The molecule has 1 aliphatic carbocycles. The van der Waals surface area contributed by atoms with Crippen LogP contribution in [0, 0.1) is 17.8 Å². The van der Waals surface area contributed by atoms with Crippen molar-refractivity contribution in [3.63, 3.8) is 0 Å². The minimum absolute atomic E-state index is 0.262. The first-order valence-corrected chi connectivity index (χ1v) is 7.61. The van der Waals surface area contributed by atoms with Crippen LogP contribution in [0.5, 0.6) is 0 Å². The van der Waals surface area contributed by atoms with Crippen LogP contribution in [0.4, 0.5) is 0 Å². The molecule has 1 saturated carbocycles. The van der Waals surface area contributed by atoms with Crippen molar-refractivity contribution in [2.75, 3.05) is 13.1 Å². The van der Waals surface area contributed by atoms with Gasteiger partial charge in [-0.05, 0) is 63.3 Å². The molecular formula is C15H30N2O. The highest BCUT2D eigenvalue weighted by molar-refractivity contribution is 5.78. The number of nitrogens with two attached hydrogens (primary N) is 1. The van der Waals surface area contributed by atoms with Gasteiger partial charge in [0.2, 0.25) is 5.91 Å². The molecular weight excluding hydrogens is 224 g/mol. The fourth-order valence-electron chi connectivity index (χ4n) is 2.82. The van der Waals surface area contributed by atoms with Crippen LogP contribution in [-0.2, 0) is 4.79 Å². The summed E-state index contributed by atoms with van der Waals surface area (Å²) in [7, 11) is 0. The second-order valence-electron chi connectivity index (χ2n) is 6.12. The van der Waals surface area contributed by atoms with Crippen LogP contribution in [0.15, 0.2) is 0 Å². The fourth-order valence-corrected chi connectivity index (χ4v) is 2.82. The zero-order chi connectivity index (χ0) is 13.4. The lowest BCUT2D eigenvalue weighted by Crippen LogP contribution is -2.34. The molecule has 18 heavy (non-hydrogen) atoms. The van der Waals surface area contributed by atoms with Gasteiger partial charge in [-0.2, -0.15) is 0 Å². The second kappa shape index (κ2) is 8.52. The van der Waals surface area contributed by atoms with Crippen LogP contribution in [0.3, 0.4) is 0 Å². The largest absolute Gasteiger partial charge is 0.356 e. The molecule has 0 spiro atoms. The Morgan fingerprint density at radius 1 is 1.28 bits per heavy atom. The molecule has 1 rings (SSSR count). The minimum Gasteiger partial charge on any atom is -0.356 e. The molecule has 1 fully saturated rings. The van der Waals surface area contributed by atoms with Crippen LogP contribution in [0.2, 0.25) is 0 Å². The van der Waals surface area contributed by atoms with Crippen LogP contribution < -0.4 is 11.1 Å². The predicted octanol–water partition coefficient (Wildman–Crippen LogP) is 2.69. The van der Waals surface area contributed by atoms with Gasteiger partial charge in [0.25, 0.3) is 0 Å². The maximum Gasteiger partial charge on any atom is 0.223 e. The third-order valence-corrected chi connectivity index (χ3v) is 4.05. The van der Waals surface area contributed by atoms with Crippen LogP contribution >= 0.6 is 0 Å². The number of hydrogen-bond donors (Lipinski definition) is 2. The Hall–Kier alpha value is -0.570. The number of amides is 1. The summed E-state index contributed by atoms with van der Waals surface area (Å²) in [5.74, 6) is 2.04. The molecule has 0 unspecified atom stereocenters. The van der Waals surface area contributed by atoms with E-state index in [1.165, 1.54) is 19.3 Å². The van der Waals surface area contributed by atoms with Gasteiger partial charge in [-0.15, -0.1) is 0 Å². The SMILES string of the molecule is CC(C)CCCNC(=O)C1CCC(CCN)CC1. The second-order valence-corrected chi connectivity index (χ2v) is 6.12. The molecule has 1 aliphatic rings. The molecule has 0 aliphatic heterocycles. The Morgan fingerprint density at radius 2 is 1.94 bits per heavy atom. The van der Waals surface area contributed by atoms with Crippen molar-refractivity contribution in [1.29, 1.82) is 0 Å². The Labute approximate surface area is 112 Å². The first kappa shape index (κ1) is 15.5. The maximum absolute atomic E-state index is 12.0. The summed E-state index contributed by atoms with van der Waals surface area (Å²) in [4.78, 5) is 12.0. The van der Waals surface area contributed by atoms with Crippen LogP contribution in [0.25, 0.3) is 0 Å². The Balaban J connectivity index is 2.12. The quantitative estimate of drug-likeness (QED) is 0.686. The highest BCUT2D eigenvalue weighted by Gasteiger charge is 2.25. The first-order chi connectivity index (χ1) is 8.63. The number of carbonyl (C=O) groups excluding carboxylic acids is 1. The molecule has 0 saturated heterocycles. The van der Waals surface area contributed by atoms with Gasteiger partial charge in [-0.3, -0.25) is 4.79 Å². The monoisotopic (exact) mass is 254 g/mol. The Kier molecular flexibility index (Phi) is 7.33. The van der Waals surface area contributed by atoms with Gasteiger partial charge in [0.15, 0.2) is 0 Å². The number of rotatable bonds is 7. The predicted molar refractivity (Wildman–Crippen MR) is 76.2 cm³/mol. The summed E-state index contributed by atoms with van der Waals surface area (Å²) >= 11 is 0. The van der Waals surface area contributed by atoms with Crippen molar-refractivity contribution in [2.24, 2.45) is 23.5 Å². The van der Waals surface area contributed by atoms with Crippen LogP contribution in [0.1, 0.15) is 58.8 Å². The van der Waals surface area contributed by atoms with E-state index >= 15 is 0 Å². The fraction of sp³-hybridized carbons (Fsp3) is 0.933. The molecule has 0 aromatic carbocycles. The van der Waals surface area contributed by atoms with E-state index < -0.39 is 0 Å².